The van der Waals surface area contributed by atoms with E-state index in [2.05, 4.69) is 15.6 Å². The van der Waals surface area contributed by atoms with E-state index in [0.717, 1.165) is 12.8 Å². The largest absolute Gasteiger partial charge is 0.497 e. The lowest BCUT2D eigenvalue weighted by atomic mass is 10.2. The summed E-state index contributed by atoms with van der Waals surface area (Å²) in [6.45, 7) is 0. The summed E-state index contributed by atoms with van der Waals surface area (Å²) >= 11 is 0. The number of oxazole rings is 1. The smallest absolute Gasteiger partial charge is 0.302 e. The summed E-state index contributed by atoms with van der Waals surface area (Å²) < 4.78 is 15.4. The van der Waals surface area contributed by atoms with E-state index < -0.39 is 5.91 Å². The maximum Gasteiger partial charge on any atom is 0.302 e. The number of hydrogen-bond acceptors (Lipinski definition) is 6. The Bertz CT molecular complexity index is 767. The van der Waals surface area contributed by atoms with E-state index in [1.165, 1.54) is 20.5 Å². The number of ether oxygens (including phenoxy) is 2. The molecule has 1 aliphatic rings. The van der Waals surface area contributed by atoms with Crippen molar-refractivity contribution in [2.75, 3.05) is 24.9 Å². The topological polar surface area (TPSA) is 103 Å². The van der Waals surface area contributed by atoms with Gasteiger partial charge in [0.1, 0.15) is 17.8 Å². The van der Waals surface area contributed by atoms with E-state index in [-0.39, 0.29) is 23.5 Å². The summed E-state index contributed by atoms with van der Waals surface area (Å²) in [4.78, 5) is 27.9. The van der Waals surface area contributed by atoms with Gasteiger partial charge in [0, 0.05) is 12.0 Å². The van der Waals surface area contributed by atoms with Gasteiger partial charge in [0.2, 0.25) is 5.91 Å². The zero-order valence-electron chi connectivity index (χ0n) is 13.3. The summed E-state index contributed by atoms with van der Waals surface area (Å²) in [5.74, 6) is 0.448. The van der Waals surface area contributed by atoms with Crippen LogP contribution in [0.1, 0.15) is 23.3 Å². The number of anilines is 2. The van der Waals surface area contributed by atoms with Gasteiger partial charge in [0.05, 0.1) is 19.9 Å². The minimum absolute atomic E-state index is 0.00894. The van der Waals surface area contributed by atoms with Crippen LogP contribution >= 0.6 is 0 Å². The third-order valence-corrected chi connectivity index (χ3v) is 3.57. The zero-order chi connectivity index (χ0) is 17.1. The number of carbonyl (C=O) groups is 2. The summed E-state index contributed by atoms with van der Waals surface area (Å²) in [5.41, 5.74) is 0.486. The molecule has 0 atom stereocenters. The Balaban J connectivity index is 1.70. The number of methoxy groups -OCH3 is 2. The fraction of sp³-hybridized carbons (Fsp3) is 0.312. The van der Waals surface area contributed by atoms with Gasteiger partial charge in [0.15, 0.2) is 5.69 Å². The van der Waals surface area contributed by atoms with Crippen LogP contribution in [0.15, 0.2) is 28.9 Å². The van der Waals surface area contributed by atoms with Crippen molar-refractivity contribution in [3.05, 3.63) is 30.2 Å². The second-order valence-corrected chi connectivity index (χ2v) is 5.32. The maximum atomic E-state index is 12.3. The van der Waals surface area contributed by atoms with E-state index in [1.54, 1.807) is 18.2 Å². The molecule has 1 saturated carbocycles. The van der Waals surface area contributed by atoms with Gasteiger partial charge in [-0.1, -0.05) is 0 Å². The first kappa shape index (κ1) is 15.9. The van der Waals surface area contributed by atoms with Crippen molar-refractivity contribution in [3.63, 3.8) is 0 Å². The molecule has 0 bridgehead atoms. The molecular weight excluding hydrogens is 314 g/mol. The average molecular weight is 331 g/mol. The first-order chi connectivity index (χ1) is 11.6. The van der Waals surface area contributed by atoms with Crippen LogP contribution in [0.3, 0.4) is 0 Å². The molecule has 1 fully saturated rings. The van der Waals surface area contributed by atoms with Crippen molar-refractivity contribution < 1.29 is 23.5 Å². The average Bonchev–Trinajstić information content (AvgIpc) is 3.34. The number of rotatable bonds is 6. The molecule has 2 N–H and O–H groups in total. The molecule has 2 aromatic rings. The number of amides is 2. The summed E-state index contributed by atoms with van der Waals surface area (Å²) in [5, 5.41) is 5.22. The molecule has 0 aliphatic heterocycles. The number of benzene rings is 1. The second kappa shape index (κ2) is 6.61. The minimum Gasteiger partial charge on any atom is -0.497 e. The quantitative estimate of drug-likeness (QED) is 0.842. The Kier molecular flexibility index (Phi) is 4.37. The highest BCUT2D eigenvalue weighted by Gasteiger charge is 2.30. The van der Waals surface area contributed by atoms with E-state index in [0.29, 0.717) is 17.2 Å². The predicted octanol–water partition coefficient (Wildman–Crippen LogP) is 2.29. The number of aromatic nitrogens is 1. The second-order valence-electron chi connectivity index (χ2n) is 5.32. The van der Waals surface area contributed by atoms with Crippen LogP contribution in [-0.4, -0.2) is 31.0 Å². The van der Waals surface area contributed by atoms with Crippen molar-refractivity contribution in [1.82, 2.24) is 4.98 Å². The lowest BCUT2D eigenvalue weighted by Crippen LogP contribution is -2.15. The molecule has 2 amide bonds. The van der Waals surface area contributed by atoms with E-state index in [9.17, 15) is 9.59 Å². The highest BCUT2D eigenvalue weighted by Crippen LogP contribution is 2.31. The molecule has 0 saturated heterocycles. The Morgan fingerprint density at radius 1 is 1.21 bits per heavy atom. The van der Waals surface area contributed by atoms with Crippen LogP contribution in [-0.2, 0) is 4.79 Å². The number of nitrogens with one attached hydrogen (secondary N) is 2. The van der Waals surface area contributed by atoms with E-state index >= 15 is 0 Å². The number of nitrogens with zero attached hydrogens (tertiary/aromatic N) is 1. The number of carbonyl (C=O) groups excluding carboxylic acids is 2. The number of hydrogen-bond donors (Lipinski definition) is 2. The molecular formula is C16H17N3O5. The highest BCUT2D eigenvalue weighted by atomic mass is 16.5. The van der Waals surface area contributed by atoms with Gasteiger partial charge in [-0.05, 0) is 25.0 Å². The first-order valence-corrected chi connectivity index (χ1v) is 7.40. The minimum atomic E-state index is -0.489. The van der Waals surface area contributed by atoms with Crippen LogP contribution in [0, 0.1) is 5.92 Å². The first-order valence-electron chi connectivity index (χ1n) is 7.40. The van der Waals surface area contributed by atoms with Gasteiger partial charge in [-0.15, -0.1) is 0 Å². The van der Waals surface area contributed by atoms with Crippen molar-refractivity contribution in [2.45, 2.75) is 12.8 Å². The molecule has 24 heavy (non-hydrogen) atoms. The summed E-state index contributed by atoms with van der Waals surface area (Å²) in [6, 6.07) is 5.04. The fourth-order valence-corrected chi connectivity index (χ4v) is 2.09. The summed E-state index contributed by atoms with van der Waals surface area (Å²) in [6.07, 6.45) is 2.93. The standard InChI is InChI=1S/C16H17N3O5/c1-22-10-5-6-13(23-2)11(7-10)17-15(21)12-8-24-16(18-12)19-14(20)9-3-4-9/h5-9H,3-4H2,1-2H3,(H,17,21)(H,18,19,20). The summed E-state index contributed by atoms with van der Waals surface area (Å²) in [7, 11) is 3.03. The van der Waals surface area contributed by atoms with Crippen LogP contribution in [0.2, 0.25) is 0 Å². The molecule has 1 aromatic carbocycles. The predicted molar refractivity (Wildman–Crippen MR) is 85.4 cm³/mol. The van der Waals surface area contributed by atoms with Crippen molar-refractivity contribution in [2.24, 2.45) is 5.92 Å². The SMILES string of the molecule is COc1ccc(OC)c(NC(=O)c2coc(NC(=O)C3CC3)n2)c1. The Labute approximate surface area is 138 Å². The fourth-order valence-electron chi connectivity index (χ4n) is 2.09. The van der Waals surface area contributed by atoms with Crippen molar-refractivity contribution in [3.8, 4) is 11.5 Å². The Morgan fingerprint density at radius 2 is 2.00 bits per heavy atom. The highest BCUT2D eigenvalue weighted by molar-refractivity contribution is 6.04. The zero-order valence-corrected chi connectivity index (χ0v) is 13.3. The lowest BCUT2D eigenvalue weighted by Gasteiger charge is -2.10. The molecule has 0 spiro atoms. The van der Waals surface area contributed by atoms with E-state index in [1.807, 2.05) is 0 Å². The molecule has 8 nitrogen and oxygen atoms in total. The molecule has 0 radical (unpaired) electrons. The Hall–Kier alpha value is -3.03. The van der Waals surface area contributed by atoms with Crippen molar-refractivity contribution >= 4 is 23.5 Å². The van der Waals surface area contributed by atoms with Crippen LogP contribution in [0.4, 0.5) is 11.7 Å². The Morgan fingerprint density at radius 3 is 2.67 bits per heavy atom. The molecule has 1 aliphatic carbocycles. The van der Waals surface area contributed by atoms with Crippen LogP contribution < -0.4 is 20.1 Å². The third kappa shape index (κ3) is 3.48. The molecule has 3 rings (SSSR count). The van der Waals surface area contributed by atoms with Crippen molar-refractivity contribution in [1.29, 1.82) is 0 Å². The van der Waals surface area contributed by atoms with Crippen LogP contribution in [0.25, 0.3) is 0 Å². The third-order valence-electron chi connectivity index (χ3n) is 3.57. The maximum absolute atomic E-state index is 12.3. The molecule has 8 heteroatoms. The van der Waals surface area contributed by atoms with Gasteiger partial charge in [-0.2, -0.15) is 4.98 Å². The molecule has 0 unspecified atom stereocenters. The van der Waals surface area contributed by atoms with Crippen LogP contribution in [0.5, 0.6) is 11.5 Å². The normalized spacial score (nSPS) is 13.2. The lowest BCUT2D eigenvalue weighted by molar-refractivity contribution is -0.117. The van der Waals surface area contributed by atoms with Gasteiger partial charge in [0.25, 0.3) is 5.91 Å². The molecule has 1 heterocycles. The molecule has 126 valence electrons. The van der Waals surface area contributed by atoms with Gasteiger partial charge in [-0.3, -0.25) is 14.9 Å². The molecule has 1 aromatic heterocycles. The van der Waals surface area contributed by atoms with Gasteiger partial charge >= 0.3 is 6.01 Å². The van der Waals surface area contributed by atoms with Gasteiger partial charge < -0.3 is 19.2 Å². The van der Waals surface area contributed by atoms with Gasteiger partial charge in [-0.25, -0.2) is 0 Å². The monoisotopic (exact) mass is 331 g/mol. The van der Waals surface area contributed by atoms with E-state index in [4.69, 9.17) is 13.9 Å².